The molecule has 25 heavy (non-hydrogen) atoms. The van der Waals surface area contributed by atoms with Gasteiger partial charge in [-0.2, -0.15) is 0 Å². The fraction of sp³-hybridized carbons (Fsp3) is 0.133. The van der Waals surface area contributed by atoms with Gasteiger partial charge in [-0.3, -0.25) is 0 Å². The Balaban J connectivity index is 1.77. The van der Waals surface area contributed by atoms with Gasteiger partial charge in [0.1, 0.15) is 17.0 Å². The lowest BCUT2D eigenvalue weighted by molar-refractivity contribution is 0.547. The number of rotatable bonds is 4. The van der Waals surface area contributed by atoms with Crippen LogP contribution in [0.25, 0.3) is 27.6 Å². The third-order valence-corrected chi connectivity index (χ3v) is 4.95. The van der Waals surface area contributed by atoms with Crippen LogP contribution in [0.3, 0.4) is 0 Å². The van der Waals surface area contributed by atoms with E-state index in [0.717, 1.165) is 15.9 Å². The van der Waals surface area contributed by atoms with Crippen molar-refractivity contribution in [1.29, 1.82) is 0 Å². The van der Waals surface area contributed by atoms with Crippen LogP contribution < -0.4 is 5.69 Å². The van der Waals surface area contributed by atoms with Gasteiger partial charge in [-0.25, -0.2) is 19.2 Å². The van der Waals surface area contributed by atoms with E-state index in [1.165, 1.54) is 28.3 Å². The number of thiazole rings is 1. The molecule has 0 aliphatic heterocycles. The highest BCUT2D eigenvalue weighted by Gasteiger charge is 2.17. The van der Waals surface area contributed by atoms with Gasteiger partial charge in [0.05, 0.1) is 11.9 Å². The second-order valence-electron chi connectivity index (χ2n) is 5.26. The molecule has 10 heteroatoms. The van der Waals surface area contributed by atoms with Crippen LogP contribution in [0.15, 0.2) is 46.8 Å². The fourth-order valence-corrected chi connectivity index (χ4v) is 3.69. The van der Waals surface area contributed by atoms with E-state index < -0.39 is 16.9 Å². The molecule has 0 saturated carbocycles. The van der Waals surface area contributed by atoms with Gasteiger partial charge in [-0.15, -0.1) is 21.1 Å². The van der Waals surface area contributed by atoms with Crippen molar-refractivity contribution in [2.45, 2.75) is 5.88 Å². The molecule has 3 heterocycles. The third-order valence-electron chi connectivity index (χ3n) is 3.50. The predicted octanol–water partition coefficient (Wildman–Crippen LogP) is 1.41. The molecular weight excluding hydrogens is 360 g/mol. The molecule has 0 N–H and O–H groups in total. The number of nitrogens with zero attached hydrogens (tertiary/aromatic N) is 6. The molecule has 0 aliphatic carbocycles. The lowest BCUT2D eigenvalue weighted by atomic mass is 10.2. The number of hydrogen-bond acceptors (Lipinski definition) is 7. The van der Waals surface area contributed by atoms with Crippen molar-refractivity contribution < 1.29 is 4.55 Å². The Kier molecular flexibility index (Phi) is 4.07. The fourth-order valence-electron chi connectivity index (χ4n) is 2.36. The van der Waals surface area contributed by atoms with Crippen molar-refractivity contribution in [2.24, 2.45) is 0 Å². The molecule has 0 bridgehead atoms. The lowest BCUT2D eigenvalue weighted by Crippen LogP contribution is -2.32. The molecule has 0 spiro atoms. The van der Waals surface area contributed by atoms with Gasteiger partial charge in [0.2, 0.25) is 5.88 Å². The minimum absolute atomic E-state index is 0.00923. The van der Waals surface area contributed by atoms with Gasteiger partial charge < -0.3 is 4.55 Å². The number of aromatic nitrogens is 6. The van der Waals surface area contributed by atoms with Crippen molar-refractivity contribution in [3.8, 4) is 22.0 Å². The molecule has 0 aliphatic rings. The molecule has 0 radical (unpaired) electrons. The van der Waals surface area contributed by atoms with Crippen LogP contribution in [-0.2, 0) is 17.1 Å². The third kappa shape index (κ3) is 2.95. The summed E-state index contributed by atoms with van der Waals surface area (Å²) in [6, 6.07) is 9.81. The van der Waals surface area contributed by atoms with Crippen molar-refractivity contribution >= 4 is 28.2 Å². The second kappa shape index (κ2) is 6.39. The number of fused-ring (bicyclic) bond motifs is 1. The molecule has 126 valence electrons. The average Bonchev–Trinajstić information content (AvgIpc) is 3.25. The van der Waals surface area contributed by atoms with Crippen molar-refractivity contribution in [1.82, 2.24) is 29.4 Å². The molecule has 0 saturated heterocycles. The van der Waals surface area contributed by atoms with Crippen molar-refractivity contribution in [2.75, 3.05) is 6.26 Å². The SMILES string of the molecule is C[S+]([O-])Cn1nnc2c(-c3nc(-c4ccccc4)cs3)ncn2c1=O. The first kappa shape index (κ1) is 15.9. The second-order valence-corrected chi connectivity index (χ2v) is 7.53. The van der Waals surface area contributed by atoms with Crippen molar-refractivity contribution in [3.63, 3.8) is 0 Å². The van der Waals surface area contributed by atoms with Gasteiger partial charge in [0.15, 0.2) is 5.65 Å². The Hall–Kier alpha value is -2.56. The first-order valence-corrected chi connectivity index (χ1v) is 9.86. The summed E-state index contributed by atoms with van der Waals surface area (Å²) in [7, 11) is 0. The number of hydrogen-bond donors (Lipinski definition) is 0. The molecule has 1 atom stereocenters. The topological polar surface area (TPSA) is 101 Å². The molecule has 0 amide bonds. The van der Waals surface area contributed by atoms with Crippen LogP contribution in [0.1, 0.15) is 0 Å². The molecular formula is C15H12N6O2S2. The molecule has 1 unspecified atom stereocenters. The predicted molar refractivity (Wildman–Crippen MR) is 95.7 cm³/mol. The zero-order valence-corrected chi connectivity index (χ0v) is 14.7. The summed E-state index contributed by atoms with van der Waals surface area (Å²) in [4.78, 5) is 21.2. The number of imidazole rings is 1. The Morgan fingerprint density at radius 2 is 2.08 bits per heavy atom. The van der Waals surface area contributed by atoms with Gasteiger partial charge in [0.25, 0.3) is 0 Å². The van der Waals surface area contributed by atoms with E-state index in [4.69, 9.17) is 0 Å². The molecule has 4 rings (SSSR count). The highest BCUT2D eigenvalue weighted by molar-refractivity contribution is 7.89. The minimum Gasteiger partial charge on any atom is -0.615 e. The van der Waals surface area contributed by atoms with Crippen LogP contribution in [-0.4, -0.2) is 40.2 Å². The summed E-state index contributed by atoms with van der Waals surface area (Å²) in [5, 5.41) is 10.5. The maximum absolute atomic E-state index is 12.4. The summed E-state index contributed by atoms with van der Waals surface area (Å²) in [6.45, 7) is 0. The monoisotopic (exact) mass is 372 g/mol. The zero-order chi connectivity index (χ0) is 17.4. The number of benzene rings is 1. The Bertz CT molecular complexity index is 1090. The Labute approximate surface area is 149 Å². The van der Waals surface area contributed by atoms with Crippen LogP contribution in [0.4, 0.5) is 0 Å². The van der Waals surface area contributed by atoms with E-state index in [1.54, 1.807) is 0 Å². The van der Waals surface area contributed by atoms with Gasteiger partial charge in [-0.1, -0.05) is 35.5 Å². The standard InChI is InChI=1S/C15H12N6O2S2/c1-25(23)9-21-15(22)20-8-16-12(13(20)18-19-21)14-17-11(7-24-14)10-5-3-2-4-6-10/h2-8H,9H2,1H3. The quantitative estimate of drug-likeness (QED) is 0.502. The van der Waals surface area contributed by atoms with E-state index in [2.05, 4.69) is 20.3 Å². The summed E-state index contributed by atoms with van der Waals surface area (Å²) in [5.74, 6) is -0.00923. The molecule has 0 fully saturated rings. The van der Waals surface area contributed by atoms with Crippen LogP contribution in [0.5, 0.6) is 0 Å². The summed E-state index contributed by atoms with van der Waals surface area (Å²) in [6.07, 6.45) is 2.89. The van der Waals surface area contributed by atoms with E-state index >= 15 is 0 Å². The highest BCUT2D eigenvalue weighted by atomic mass is 32.2. The first-order valence-electron chi connectivity index (χ1n) is 7.25. The normalized spacial score (nSPS) is 12.6. The average molecular weight is 372 g/mol. The molecule has 3 aromatic heterocycles. The molecule has 8 nitrogen and oxygen atoms in total. The highest BCUT2D eigenvalue weighted by Crippen LogP contribution is 2.29. The summed E-state index contributed by atoms with van der Waals surface area (Å²) < 4.78 is 13.7. The smallest absolute Gasteiger partial charge is 0.357 e. The van der Waals surface area contributed by atoms with E-state index in [-0.39, 0.29) is 5.88 Å². The lowest BCUT2D eigenvalue weighted by Gasteiger charge is -2.05. The van der Waals surface area contributed by atoms with Crippen LogP contribution in [0, 0.1) is 0 Å². The van der Waals surface area contributed by atoms with Crippen molar-refractivity contribution in [3.05, 3.63) is 52.5 Å². The zero-order valence-electron chi connectivity index (χ0n) is 13.1. The minimum atomic E-state index is -1.20. The Morgan fingerprint density at radius 1 is 1.28 bits per heavy atom. The van der Waals surface area contributed by atoms with Crippen LogP contribution >= 0.6 is 11.3 Å². The van der Waals surface area contributed by atoms with E-state index in [0.29, 0.717) is 16.3 Å². The maximum atomic E-state index is 12.4. The van der Waals surface area contributed by atoms with Gasteiger partial charge >= 0.3 is 5.69 Å². The van der Waals surface area contributed by atoms with Gasteiger partial charge in [0, 0.05) is 10.9 Å². The van der Waals surface area contributed by atoms with Gasteiger partial charge in [-0.05, 0) is 11.2 Å². The van der Waals surface area contributed by atoms with E-state index in [9.17, 15) is 9.35 Å². The van der Waals surface area contributed by atoms with E-state index in [1.807, 2.05) is 35.7 Å². The largest absolute Gasteiger partial charge is 0.615 e. The molecule has 4 aromatic rings. The Morgan fingerprint density at radius 3 is 2.84 bits per heavy atom. The summed E-state index contributed by atoms with van der Waals surface area (Å²) in [5.41, 5.74) is 2.24. The van der Waals surface area contributed by atoms with Crippen LogP contribution in [0.2, 0.25) is 0 Å². The molecule has 1 aromatic carbocycles. The summed E-state index contributed by atoms with van der Waals surface area (Å²) >= 11 is 0.225. The first-order chi connectivity index (χ1) is 12.1. The maximum Gasteiger partial charge on any atom is 0.357 e.